The van der Waals surface area contributed by atoms with Gasteiger partial charge in [-0.3, -0.25) is 9.78 Å². The SMILES string of the molecule is O=C1C=Cc2ccccc2C1=Cc1oc(=S)[nH]c1O. The highest BCUT2D eigenvalue weighted by molar-refractivity contribution is 7.71. The van der Waals surface area contributed by atoms with Gasteiger partial charge in [0.25, 0.3) is 4.84 Å². The molecular formula is C14H9NO3S. The number of H-pyrrole nitrogens is 1. The normalized spacial score (nSPS) is 15.8. The summed E-state index contributed by atoms with van der Waals surface area (Å²) in [4.78, 5) is 14.5. The molecule has 0 aliphatic heterocycles. The second-order valence-corrected chi connectivity index (χ2v) is 4.44. The molecule has 2 aromatic rings. The van der Waals surface area contributed by atoms with Gasteiger partial charge >= 0.3 is 0 Å². The predicted octanol–water partition coefficient (Wildman–Crippen LogP) is 3.18. The summed E-state index contributed by atoms with van der Waals surface area (Å²) in [7, 11) is 0. The minimum absolute atomic E-state index is 0.0661. The Kier molecular flexibility index (Phi) is 2.68. The summed E-state index contributed by atoms with van der Waals surface area (Å²) in [6.07, 6.45) is 4.75. The molecule has 0 radical (unpaired) electrons. The Morgan fingerprint density at radius 2 is 2.05 bits per heavy atom. The minimum atomic E-state index is -0.183. The molecule has 0 saturated heterocycles. The molecule has 1 aliphatic carbocycles. The molecule has 1 aromatic heterocycles. The standard InChI is InChI=1S/C14H9NO3S/c16-11-6-5-8-3-1-2-4-9(8)10(11)7-12-13(17)15-14(19)18-12/h1-7,17H,(H,15,19). The van der Waals surface area contributed by atoms with Gasteiger partial charge < -0.3 is 9.52 Å². The molecule has 0 bridgehead atoms. The van der Waals surface area contributed by atoms with Crippen LogP contribution in [-0.4, -0.2) is 15.9 Å². The van der Waals surface area contributed by atoms with Crippen LogP contribution < -0.4 is 0 Å². The number of oxazole rings is 1. The van der Waals surface area contributed by atoms with Gasteiger partial charge in [0.15, 0.2) is 11.5 Å². The molecule has 0 amide bonds. The number of hydrogen-bond acceptors (Lipinski definition) is 4. The number of hydrogen-bond donors (Lipinski definition) is 2. The average molecular weight is 271 g/mol. The maximum Gasteiger partial charge on any atom is 0.269 e. The maximum atomic E-state index is 12.0. The molecule has 1 heterocycles. The molecule has 0 fully saturated rings. The fraction of sp³-hybridized carbons (Fsp3) is 0. The van der Waals surface area contributed by atoms with Crippen molar-refractivity contribution in [1.29, 1.82) is 0 Å². The van der Waals surface area contributed by atoms with Gasteiger partial charge in [0.2, 0.25) is 5.88 Å². The number of fused-ring (bicyclic) bond motifs is 1. The summed E-state index contributed by atoms with van der Waals surface area (Å²) in [6, 6.07) is 7.52. The quantitative estimate of drug-likeness (QED) is 0.617. The molecule has 1 aliphatic rings. The summed E-state index contributed by atoms with van der Waals surface area (Å²) in [5, 5.41) is 9.61. The van der Waals surface area contributed by atoms with Gasteiger partial charge in [0.1, 0.15) is 0 Å². The average Bonchev–Trinajstić information content (AvgIpc) is 2.71. The zero-order valence-corrected chi connectivity index (χ0v) is 10.5. The highest BCUT2D eigenvalue weighted by atomic mass is 32.1. The Balaban J connectivity index is 2.19. The number of aromatic hydroxyl groups is 1. The smallest absolute Gasteiger partial charge is 0.269 e. The largest absolute Gasteiger partial charge is 0.492 e. The van der Waals surface area contributed by atoms with Gasteiger partial charge in [-0.2, -0.15) is 0 Å². The number of carbonyl (C=O) groups is 1. The van der Waals surface area contributed by atoms with Crippen molar-refractivity contribution in [1.82, 2.24) is 4.98 Å². The summed E-state index contributed by atoms with van der Waals surface area (Å²) in [5.74, 6) is -0.170. The Morgan fingerprint density at radius 3 is 2.79 bits per heavy atom. The lowest BCUT2D eigenvalue weighted by Gasteiger charge is -2.12. The van der Waals surface area contributed by atoms with Crippen molar-refractivity contribution in [3.8, 4) is 5.88 Å². The summed E-state index contributed by atoms with van der Waals surface area (Å²) >= 11 is 4.78. The fourth-order valence-corrected chi connectivity index (χ4v) is 2.17. The molecule has 0 unspecified atom stereocenters. The van der Waals surface area contributed by atoms with Gasteiger partial charge in [-0.1, -0.05) is 30.3 Å². The number of allylic oxidation sites excluding steroid dienone is 2. The number of benzene rings is 1. The molecule has 0 atom stereocenters. The highest BCUT2D eigenvalue weighted by Crippen LogP contribution is 2.30. The van der Waals surface area contributed by atoms with Crippen LogP contribution in [0.25, 0.3) is 17.7 Å². The van der Waals surface area contributed by atoms with E-state index >= 15 is 0 Å². The third-order valence-corrected chi connectivity index (χ3v) is 3.05. The summed E-state index contributed by atoms with van der Waals surface area (Å²) < 4.78 is 5.14. The van der Waals surface area contributed by atoms with E-state index in [1.165, 1.54) is 12.2 Å². The molecule has 5 heteroatoms. The van der Waals surface area contributed by atoms with Gasteiger partial charge in [-0.15, -0.1) is 0 Å². The first kappa shape index (κ1) is 11.7. The van der Waals surface area contributed by atoms with Crippen molar-refractivity contribution in [3.05, 3.63) is 52.1 Å². The second kappa shape index (κ2) is 4.37. The van der Waals surface area contributed by atoms with E-state index in [0.29, 0.717) is 5.57 Å². The Bertz CT molecular complexity index is 780. The molecule has 0 spiro atoms. The Labute approximate surface area is 113 Å². The zero-order valence-electron chi connectivity index (χ0n) is 9.71. The van der Waals surface area contributed by atoms with Crippen molar-refractivity contribution in [3.63, 3.8) is 0 Å². The third-order valence-electron chi connectivity index (χ3n) is 2.86. The van der Waals surface area contributed by atoms with Crippen molar-refractivity contribution in [2.45, 2.75) is 0 Å². The number of carbonyl (C=O) groups excluding carboxylic acids is 1. The van der Waals surface area contributed by atoms with Crippen molar-refractivity contribution >= 4 is 35.7 Å². The van der Waals surface area contributed by atoms with Crippen LogP contribution in [0.5, 0.6) is 5.88 Å². The fourth-order valence-electron chi connectivity index (χ4n) is 1.99. The van der Waals surface area contributed by atoms with Crippen LogP contribution in [0.15, 0.2) is 34.8 Å². The summed E-state index contributed by atoms with van der Waals surface area (Å²) in [5.41, 5.74) is 2.21. The van der Waals surface area contributed by atoms with Crippen LogP contribution >= 0.6 is 12.2 Å². The van der Waals surface area contributed by atoms with E-state index < -0.39 is 0 Å². The molecule has 1 aromatic carbocycles. The number of ketones is 1. The molecule has 0 saturated carbocycles. The van der Waals surface area contributed by atoms with Crippen LogP contribution in [0.2, 0.25) is 0 Å². The molecule has 19 heavy (non-hydrogen) atoms. The van der Waals surface area contributed by atoms with Crippen LogP contribution in [0, 0.1) is 4.84 Å². The number of aromatic nitrogens is 1. The van der Waals surface area contributed by atoms with E-state index in [0.717, 1.165) is 11.1 Å². The van der Waals surface area contributed by atoms with Gasteiger partial charge in [0.05, 0.1) is 0 Å². The van der Waals surface area contributed by atoms with Crippen molar-refractivity contribution in [2.24, 2.45) is 0 Å². The minimum Gasteiger partial charge on any atom is -0.492 e. The molecule has 94 valence electrons. The topological polar surface area (TPSA) is 66.2 Å². The number of nitrogens with one attached hydrogen (secondary N) is 1. The van der Waals surface area contributed by atoms with Crippen LogP contribution in [0.3, 0.4) is 0 Å². The van der Waals surface area contributed by atoms with E-state index in [9.17, 15) is 9.90 Å². The molecule has 4 nitrogen and oxygen atoms in total. The van der Waals surface area contributed by atoms with Gasteiger partial charge in [0, 0.05) is 5.57 Å². The lowest BCUT2D eigenvalue weighted by molar-refractivity contribution is -0.109. The van der Waals surface area contributed by atoms with E-state index in [1.54, 1.807) is 6.08 Å². The van der Waals surface area contributed by atoms with Gasteiger partial charge in [-0.25, -0.2) is 0 Å². The van der Waals surface area contributed by atoms with E-state index in [2.05, 4.69) is 4.98 Å². The Morgan fingerprint density at radius 1 is 1.26 bits per heavy atom. The molecular weight excluding hydrogens is 262 g/mol. The number of aromatic amines is 1. The lowest BCUT2D eigenvalue weighted by Crippen LogP contribution is -2.04. The first-order valence-electron chi connectivity index (χ1n) is 5.61. The van der Waals surface area contributed by atoms with Crippen LogP contribution in [0.4, 0.5) is 0 Å². The number of rotatable bonds is 1. The first-order valence-corrected chi connectivity index (χ1v) is 6.01. The lowest BCUT2D eigenvalue weighted by atomic mass is 9.91. The predicted molar refractivity (Wildman–Crippen MR) is 73.9 cm³/mol. The van der Waals surface area contributed by atoms with Crippen molar-refractivity contribution < 1.29 is 14.3 Å². The van der Waals surface area contributed by atoms with Crippen molar-refractivity contribution in [2.75, 3.05) is 0 Å². The summed E-state index contributed by atoms with van der Waals surface area (Å²) in [6.45, 7) is 0. The molecule has 3 rings (SSSR count). The third kappa shape index (κ3) is 2.04. The van der Waals surface area contributed by atoms with Crippen LogP contribution in [-0.2, 0) is 4.79 Å². The zero-order chi connectivity index (χ0) is 13.4. The Hall–Kier alpha value is -2.40. The van der Waals surface area contributed by atoms with E-state index in [-0.39, 0.29) is 22.3 Å². The monoisotopic (exact) mass is 271 g/mol. The molecule has 2 N–H and O–H groups in total. The first-order chi connectivity index (χ1) is 9.15. The van der Waals surface area contributed by atoms with Crippen LogP contribution in [0.1, 0.15) is 16.9 Å². The second-order valence-electron chi connectivity index (χ2n) is 4.07. The van der Waals surface area contributed by atoms with E-state index in [1.807, 2.05) is 24.3 Å². The highest BCUT2D eigenvalue weighted by Gasteiger charge is 2.18. The van der Waals surface area contributed by atoms with E-state index in [4.69, 9.17) is 16.6 Å². The maximum absolute atomic E-state index is 12.0. The van der Waals surface area contributed by atoms with Gasteiger partial charge in [-0.05, 0) is 35.5 Å².